The molecular weight excluding hydrogens is 214 g/mol. The van der Waals surface area contributed by atoms with Crippen LogP contribution in [0.15, 0.2) is 0 Å². The van der Waals surface area contributed by atoms with Crippen LogP contribution in [0.1, 0.15) is 65.2 Å². The van der Waals surface area contributed by atoms with Crippen LogP contribution in [0.3, 0.4) is 0 Å². The highest BCUT2D eigenvalue weighted by Crippen LogP contribution is 2.27. The molecule has 100 valence electrons. The van der Waals surface area contributed by atoms with Gasteiger partial charge < -0.3 is 10.4 Å². The number of amides is 1. The van der Waals surface area contributed by atoms with Gasteiger partial charge in [-0.3, -0.25) is 4.79 Å². The summed E-state index contributed by atoms with van der Waals surface area (Å²) in [4.78, 5) is 11.6. The molecule has 0 heterocycles. The van der Waals surface area contributed by atoms with Crippen molar-refractivity contribution in [3.63, 3.8) is 0 Å². The van der Waals surface area contributed by atoms with Crippen molar-refractivity contribution in [2.45, 2.75) is 70.8 Å². The predicted molar refractivity (Wildman–Crippen MR) is 69.7 cm³/mol. The van der Waals surface area contributed by atoms with Crippen molar-refractivity contribution in [2.24, 2.45) is 5.92 Å². The van der Waals surface area contributed by atoms with E-state index in [2.05, 4.69) is 5.32 Å². The second-order valence-corrected chi connectivity index (χ2v) is 5.67. The van der Waals surface area contributed by atoms with Crippen LogP contribution in [0.4, 0.5) is 0 Å². The minimum atomic E-state index is -0.763. The third-order valence-corrected chi connectivity index (χ3v) is 3.93. The molecule has 0 aromatic heterocycles. The Bertz CT molecular complexity index is 232. The monoisotopic (exact) mass is 241 g/mol. The Labute approximate surface area is 105 Å². The lowest BCUT2D eigenvalue weighted by Gasteiger charge is -2.23. The molecule has 0 spiro atoms. The molecule has 0 radical (unpaired) electrons. The largest absolute Gasteiger partial charge is 0.388 e. The number of hydrogen-bond donors (Lipinski definition) is 2. The highest BCUT2D eigenvalue weighted by molar-refractivity contribution is 5.75. The summed E-state index contributed by atoms with van der Waals surface area (Å²) < 4.78 is 0. The van der Waals surface area contributed by atoms with Gasteiger partial charge in [0, 0.05) is 13.0 Å². The zero-order valence-electron chi connectivity index (χ0n) is 11.3. The van der Waals surface area contributed by atoms with Crippen LogP contribution in [0.25, 0.3) is 0 Å². The van der Waals surface area contributed by atoms with Gasteiger partial charge in [0.05, 0.1) is 5.60 Å². The average Bonchev–Trinajstić information content (AvgIpc) is 2.35. The Kier molecular flexibility index (Phi) is 5.96. The molecule has 0 saturated heterocycles. The van der Waals surface area contributed by atoms with Gasteiger partial charge in [-0.2, -0.15) is 0 Å². The molecule has 1 rings (SSSR count). The van der Waals surface area contributed by atoms with Crippen LogP contribution < -0.4 is 5.32 Å². The summed E-state index contributed by atoms with van der Waals surface area (Å²) in [6, 6.07) is 0. The van der Waals surface area contributed by atoms with E-state index in [0.29, 0.717) is 19.4 Å². The van der Waals surface area contributed by atoms with Gasteiger partial charge in [0.2, 0.25) is 5.91 Å². The average molecular weight is 241 g/mol. The van der Waals surface area contributed by atoms with Crippen molar-refractivity contribution < 1.29 is 9.90 Å². The SMILES string of the molecule is CCC(C)(O)CNC(=O)CCC1CCCCC1. The van der Waals surface area contributed by atoms with Crippen LogP contribution in [0.2, 0.25) is 0 Å². The second kappa shape index (κ2) is 7.00. The van der Waals surface area contributed by atoms with E-state index < -0.39 is 5.60 Å². The van der Waals surface area contributed by atoms with Crippen molar-refractivity contribution in [1.82, 2.24) is 5.32 Å². The molecule has 1 unspecified atom stereocenters. The highest BCUT2D eigenvalue weighted by atomic mass is 16.3. The van der Waals surface area contributed by atoms with Crippen LogP contribution >= 0.6 is 0 Å². The van der Waals surface area contributed by atoms with E-state index in [0.717, 1.165) is 12.3 Å². The molecule has 1 atom stereocenters. The Morgan fingerprint density at radius 2 is 2.00 bits per heavy atom. The van der Waals surface area contributed by atoms with E-state index in [1.54, 1.807) is 6.92 Å². The molecule has 1 saturated carbocycles. The predicted octanol–water partition coefficient (Wildman–Crippen LogP) is 2.62. The lowest BCUT2D eigenvalue weighted by atomic mass is 9.86. The zero-order chi connectivity index (χ0) is 12.7. The van der Waals surface area contributed by atoms with Crippen LogP contribution in [0, 0.1) is 5.92 Å². The van der Waals surface area contributed by atoms with Gasteiger partial charge >= 0.3 is 0 Å². The highest BCUT2D eigenvalue weighted by Gasteiger charge is 2.19. The van der Waals surface area contributed by atoms with Crippen molar-refractivity contribution >= 4 is 5.91 Å². The van der Waals surface area contributed by atoms with Gasteiger partial charge in [-0.05, 0) is 25.7 Å². The zero-order valence-corrected chi connectivity index (χ0v) is 11.3. The van der Waals surface area contributed by atoms with E-state index in [1.807, 2.05) is 6.92 Å². The summed E-state index contributed by atoms with van der Waals surface area (Å²) in [5, 5.41) is 12.6. The summed E-state index contributed by atoms with van der Waals surface area (Å²) >= 11 is 0. The summed E-state index contributed by atoms with van der Waals surface area (Å²) in [5.41, 5.74) is -0.763. The maximum Gasteiger partial charge on any atom is 0.220 e. The van der Waals surface area contributed by atoms with Crippen LogP contribution in [0.5, 0.6) is 0 Å². The summed E-state index contributed by atoms with van der Waals surface area (Å²) in [5.74, 6) is 0.838. The fourth-order valence-corrected chi connectivity index (χ4v) is 2.31. The maximum atomic E-state index is 11.6. The number of carbonyl (C=O) groups is 1. The second-order valence-electron chi connectivity index (χ2n) is 5.67. The van der Waals surface area contributed by atoms with Crippen LogP contribution in [-0.2, 0) is 4.79 Å². The molecule has 1 amide bonds. The molecule has 0 bridgehead atoms. The van der Waals surface area contributed by atoms with Gasteiger partial charge in [-0.25, -0.2) is 0 Å². The van der Waals surface area contributed by atoms with Crippen molar-refractivity contribution in [1.29, 1.82) is 0 Å². The number of hydrogen-bond acceptors (Lipinski definition) is 2. The summed E-state index contributed by atoms with van der Waals surface area (Å²) in [6.07, 6.45) is 8.90. The van der Waals surface area contributed by atoms with Gasteiger partial charge in [0.25, 0.3) is 0 Å². The first-order valence-corrected chi connectivity index (χ1v) is 7.02. The number of nitrogens with one attached hydrogen (secondary N) is 1. The van der Waals surface area contributed by atoms with Gasteiger partial charge in [-0.1, -0.05) is 39.0 Å². The fourth-order valence-electron chi connectivity index (χ4n) is 2.31. The standard InChI is InChI=1S/C14H27NO2/c1-3-14(2,17)11-15-13(16)10-9-12-7-5-4-6-8-12/h12,17H,3-11H2,1-2H3,(H,15,16). The van der Waals surface area contributed by atoms with E-state index in [-0.39, 0.29) is 5.91 Å². The molecule has 0 aliphatic heterocycles. The third kappa shape index (κ3) is 6.06. The molecule has 0 aromatic rings. The molecule has 1 aliphatic carbocycles. The fraction of sp³-hybridized carbons (Fsp3) is 0.929. The van der Waals surface area contributed by atoms with Gasteiger partial charge in [0.15, 0.2) is 0 Å². The summed E-state index contributed by atoms with van der Waals surface area (Å²) in [6.45, 7) is 4.05. The normalized spacial score (nSPS) is 20.9. The van der Waals surface area contributed by atoms with E-state index in [4.69, 9.17) is 0 Å². The Morgan fingerprint density at radius 1 is 1.35 bits per heavy atom. The quantitative estimate of drug-likeness (QED) is 0.751. The molecule has 3 nitrogen and oxygen atoms in total. The molecule has 1 aliphatic rings. The van der Waals surface area contributed by atoms with E-state index in [9.17, 15) is 9.90 Å². The first-order valence-electron chi connectivity index (χ1n) is 7.02. The minimum absolute atomic E-state index is 0.0873. The van der Waals surface area contributed by atoms with Crippen LogP contribution in [-0.4, -0.2) is 23.2 Å². The summed E-state index contributed by atoms with van der Waals surface area (Å²) in [7, 11) is 0. The maximum absolute atomic E-state index is 11.6. The topological polar surface area (TPSA) is 49.3 Å². The van der Waals surface area contributed by atoms with Crippen molar-refractivity contribution in [3.8, 4) is 0 Å². The minimum Gasteiger partial charge on any atom is -0.388 e. The molecule has 17 heavy (non-hydrogen) atoms. The van der Waals surface area contributed by atoms with Gasteiger partial charge in [0.1, 0.15) is 0 Å². The molecule has 3 heteroatoms. The third-order valence-electron chi connectivity index (χ3n) is 3.93. The number of carbonyl (C=O) groups excluding carboxylic acids is 1. The lowest BCUT2D eigenvalue weighted by Crippen LogP contribution is -2.40. The Balaban J connectivity index is 2.12. The molecule has 1 fully saturated rings. The first kappa shape index (κ1) is 14.5. The number of aliphatic hydroxyl groups is 1. The van der Waals surface area contributed by atoms with E-state index in [1.165, 1.54) is 32.1 Å². The Hall–Kier alpha value is -0.570. The molecule has 0 aromatic carbocycles. The molecule has 2 N–H and O–H groups in total. The smallest absolute Gasteiger partial charge is 0.220 e. The van der Waals surface area contributed by atoms with E-state index >= 15 is 0 Å². The Morgan fingerprint density at radius 3 is 2.59 bits per heavy atom. The molecular formula is C14H27NO2. The van der Waals surface area contributed by atoms with Gasteiger partial charge in [-0.15, -0.1) is 0 Å². The first-order chi connectivity index (χ1) is 8.03. The number of rotatable bonds is 6. The van der Waals surface area contributed by atoms with Crippen molar-refractivity contribution in [2.75, 3.05) is 6.54 Å². The lowest BCUT2D eigenvalue weighted by molar-refractivity contribution is -0.122. The van der Waals surface area contributed by atoms with Crippen molar-refractivity contribution in [3.05, 3.63) is 0 Å².